The first kappa shape index (κ1) is 18.2. The Morgan fingerprint density at radius 2 is 1.31 bits per heavy atom. The minimum Gasteiger partial charge on any atom is -0.308 e. The van der Waals surface area contributed by atoms with E-state index >= 15 is 0 Å². The molecule has 35 heavy (non-hydrogen) atoms. The van der Waals surface area contributed by atoms with E-state index in [2.05, 4.69) is 83.8 Å². The van der Waals surface area contributed by atoms with E-state index in [9.17, 15) is 0 Å². The van der Waals surface area contributed by atoms with Crippen molar-refractivity contribution < 1.29 is 0 Å². The summed E-state index contributed by atoms with van der Waals surface area (Å²) < 4.78 is 0. The highest BCUT2D eigenvalue weighted by Gasteiger charge is 2.37. The first-order chi connectivity index (χ1) is 17.3. The molecule has 4 aromatic carbocycles. The first-order valence-corrected chi connectivity index (χ1v) is 12.6. The van der Waals surface area contributed by atoms with Crippen molar-refractivity contribution in [3.05, 3.63) is 130 Å². The highest BCUT2D eigenvalue weighted by Crippen LogP contribution is 2.55. The van der Waals surface area contributed by atoms with Crippen molar-refractivity contribution in [2.45, 2.75) is 25.7 Å². The second-order valence-corrected chi connectivity index (χ2v) is 10.4. The number of para-hydroxylation sites is 1. The number of rotatable bonds is 0. The van der Waals surface area contributed by atoms with E-state index in [0.717, 1.165) is 25.7 Å². The Kier molecular flexibility index (Phi) is 3.27. The van der Waals surface area contributed by atoms with Crippen LogP contribution in [0.4, 0.5) is 17.1 Å². The molecule has 2 nitrogen and oxygen atoms in total. The summed E-state index contributed by atoms with van der Waals surface area (Å²) in [6.07, 6.45) is 5.90. The highest BCUT2D eigenvalue weighted by atomic mass is 15.2. The Balaban J connectivity index is 1.31. The molecule has 2 aliphatic heterocycles. The Morgan fingerprint density at radius 3 is 2.29 bits per heavy atom. The van der Waals surface area contributed by atoms with Gasteiger partial charge in [-0.2, -0.15) is 0 Å². The molecule has 164 valence electrons. The maximum Gasteiger partial charge on any atom is 0.0688 e. The molecule has 5 aromatic rings. The van der Waals surface area contributed by atoms with Crippen LogP contribution in [0, 0.1) is 0 Å². The van der Waals surface area contributed by atoms with Gasteiger partial charge in [0.25, 0.3) is 0 Å². The Labute approximate surface area is 204 Å². The third-order valence-electron chi connectivity index (χ3n) is 8.52. The van der Waals surface area contributed by atoms with Crippen molar-refractivity contribution in [2.75, 3.05) is 4.90 Å². The number of benzene rings is 4. The zero-order valence-electron chi connectivity index (χ0n) is 19.3. The van der Waals surface area contributed by atoms with Crippen molar-refractivity contribution in [3.8, 4) is 22.3 Å². The van der Waals surface area contributed by atoms with Crippen LogP contribution < -0.4 is 4.90 Å². The first-order valence-electron chi connectivity index (χ1n) is 12.6. The van der Waals surface area contributed by atoms with E-state index in [1.165, 1.54) is 84.0 Å². The second-order valence-electron chi connectivity index (χ2n) is 10.4. The SMILES string of the molecule is c1ccc2c(c1)Cc1cc3c(cc1-2)Cc1cc2c4c(c1-3)Cc1ccccc1N4c1cccnc1C2. The van der Waals surface area contributed by atoms with Crippen LogP contribution in [0.25, 0.3) is 22.3 Å². The smallest absolute Gasteiger partial charge is 0.0688 e. The lowest BCUT2D eigenvalue weighted by atomic mass is 9.83. The summed E-state index contributed by atoms with van der Waals surface area (Å²) in [6.45, 7) is 0. The molecule has 0 saturated heterocycles. The standard InChI is InChI=1S/C33H22N2/c1-3-8-25-19(6-1)12-21-17-27-22(16-26(21)25)13-23-14-24-18-29-31(10-5-11-34-29)35-30-9-4-2-7-20(30)15-28(32(23)27)33(24)35/h1-11,14,16-17H,12-13,15,18H2. The van der Waals surface area contributed by atoms with E-state index in [0.29, 0.717) is 0 Å². The van der Waals surface area contributed by atoms with Crippen LogP contribution in [0.1, 0.15) is 44.6 Å². The van der Waals surface area contributed by atoms with Gasteiger partial charge in [0, 0.05) is 24.7 Å². The maximum atomic E-state index is 4.80. The summed E-state index contributed by atoms with van der Waals surface area (Å²) in [6, 6.07) is 29.7. The Hall–Kier alpha value is -4.17. The molecular weight excluding hydrogens is 424 g/mol. The molecule has 0 bridgehead atoms. The fourth-order valence-electron chi connectivity index (χ4n) is 7.12. The number of aromatic nitrogens is 1. The van der Waals surface area contributed by atoms with Crippen LogP contribution in [-0.2, 0) is 25.7 Å². The molecule has 4 aliphatic rings. The van der Waals surface area contributed by atoms with Crippen molar-refractivity contribution in [2.24, 2.45) is 0 Å². The van der Waals surface area contributed by atoms with Crippen LogP contribution >= 0.6 is 0 Å². The van der Waals surface area contributed by atoms with Gasteiger partial charge in [0.05, 0.1) is 17.1 Å². The fourth-order valence-corrected chi connectivity index (χ4v) is 7.12. The number of hydrogen-bond donors (Lipinski definition) is 0. The molecule has 0 amide bonds. The van der Waals surface area contributed by atoms with Crippen LogP contribution in [0.2, 0.25) is 0 Å². The predicted octanol–water partition coefficient (Wildman–Crippen LogP) is 7.50. The Morgan fingerprint density at radius 1 is 0.543 bits per heavy atom. The topological polar surface area (TPSA) is 16.1 Å². The molecule has 0 radical (unpaired) electrons. The fraction of sp³-hybridized carbons (Fsp3) is 0.121. The molecule has 1 aromatic heterocycles. The summed E-state index contributed by atoms with van der Waals surface area (Å²) in [5, 5.41) is 0. The van der Waals surface area contributed by atoms with Gasteiger partial charge in [-0.25, -0.2) is 0 Å². The number of hydrogen-bond acceptors (Lipinski definition) is 2. The largest absolute Gasteiger partial charge is 0.308 e. The molecule has 0 saturated carbocycles. The summed E-state index contributed by atoms with van der Waals surface area (Å²) >= 11 is 0. The van der Waals surface area contributed by atoms with Gasteiger partial charge in [-0.15, -0.1) is 0 Å². The van der Waals surface area contributed by atoms with Gasteiger partial charge >= 0.3 is 0 Å². The van der Waals surface area contributed by atoms with Crippen LogP contribution in [-0.4, -0.2) is 4.98 Å². The summed E-state index contributed by atoms with van der Waals surface area (Å²) in [4.78, 5) is 7.29. The van der Waals surface area contributed by atoms with Crippen molar-refractivity contribution >= 4 is 17.1 Å². The maximum absolute atomic E-state index is 4.80. The summed E-state index contributed by atoms with van der Waals surface area (Å²) in [5.41, 5.74) is 21.2. The molecule has 0 N–H and O–H groups in total. The lowest BCUT2D eigenvalue weighted by Crippen LogP contribution is -2.25. The number of nitrogens with zero attached hydrogens (tertiary/aromatic N) is 2. The lowest BCUT2D eigenvalue weighted by Gasteiger charge is -2.40. The average molecular weight is 447 g/mol. The number of pyridine rings is 1. The van der Waals surface area contributed by atoms with Gasteiger partial charge in [0.2, 0.25) is 0 Å². The van der Waals surface area contributed by atoms with Crippen molar-refractivity contribution in [3.63, 3.8) is 0 Å². The van der Waals surface area contributed by atoms with Crippen molar-refractivity contribution in [1.29, 1.82) is 0 Å². The van der Waals surface area contributed by atoms with Crippen LogP contribution in [0.3, 0.4) is 0 Å². The minimum atomic E-state index is 0.907. The van der Waals surface area contributed by atoms with Gasteiger partial charge in [0.15, 0.2) is 0 Å². The second kappa shape index (κ2) is 6.28. The highest BCUT2D eigenvalue weighted by molar-refractivity contribution is 5.96. The van der Waals surface area contributed by atoms with Gasteiger partial charge in [-0.05, 0) is 104 Å². The molecule has 2 heteroatoms. The third-order valence-corrected chi connectivity index (χ3v) is 8.52. The molecule has 0 atom stereocenters. The lowest BCUT2D eigenvalue weighted by molar-refractivity contribution is 0.968. The molecule has 0 fully saturated rings. The van der Waals surface area contributed by atoms with Gasteiger partial charge in [0.1, 0.15) is 0 Å². The minimum absolute atomic E-state index is 0.907. The molecule has 9 rings (SSSR count). The third kappa shape index (κ3) is 2.27. The van der Waals surface area contributed by atoms with E-state index < -0.39 is 0 Å². The molecule has 0 unspecified atom stereocenters. The molecular formula is C33H22N2. The van der Waals surface area contributed by atoms with E-state index in [1.54, 1.807) is 0 Å². The van der Waals surface area contributed by atoms with Crippen LogP contribution in [0.15, 0.2) is 85.1 Å². The zero-order chi connectivity index (χ0) is 22.7. The normalized spacial score (nSPS) is 14.9. The average Bonchev–Trinajstić information content (AvgIpc) is 3.44. The molecule has 0 spiro atoms. The molecule has 3 heterocycles. The number of fused-ring (bicyclic) bond motifs is 11. The van der Waals surface area contributed by atoms with Crippen LogP contribution in [0.5, 0.6) is 0 Å². The van der Waals surface area contributed by atoms with E-state index in [4.69, 9.17) is 4.98 Å². The zero-order valence-corrected chi connectivity index (χ0v) is 19.3. The van der Waals surface area contributed by atoms with E-state index in [1.807, 2.05) is 6.20 Å². The quantitative estimate of drug-likeness (QED) is 0.240. The summed E-state index contributed by atoms with van der Waals surface area (Å²) in [5.74, 6) is 0. The molecule has 2 aliphatic carbocycles. The van der Waals surface area contributed by atoms with Gasteiger partial charge < -0.3 is 4.90 Å². The Bertz CT molecular complexity index is 1750. The predicted molar refractivity (Wildman–Crippen MR) is 141 cm³/mol. The van der Waals surface area contributed by atoms with E-state index in [-0.39, 0.29) is 0 Å². The number of anilines is 3. The van der Waals surface area contributed by atoms with Gasteiger partial charge in [-0.1, -0.05) is 48.5 Å². The summed E-state index contributed by atoms with van der Waals surface area (Å²) in [7, 11) is 0. The monoisotopic (exact) mass is 446 g/mol. The van der Waals surface area contributed by atoms with Gasteiger partial charge in [-0.3, -0.25) is 4.98 Å². The van der Waals surface area contributed by atoms with Crippen molar-refractivity contribution in [1.82, 2.24) is 4.98 Å².